The summed E-state index contributed by atoms with van der Waals surface area (Å²) >= 11 is 0. The molecular weight excluding hydrogens is 412 g/mol. The normalized spacial score (nSPS) is 31.5. The fourth-order valence-corrected chi connectivity index (χ4v) is 5.73. The minimum Gasteiger partial charge on any atom is -0.490 e. The molecule has 4 aliphatic rings. The van der Waals surface area contributed by atoms with Crippen molar-refractivity contribution in [3.05, 3.63) is 24.3 Å². The lowest BCUT2D eigenvalue weighted by Gasteiger charge is -2.44. The van der Waals surface area contributed by atoms with Gasteiger partial charge in [-0.05, 0) is 56.6 Å². The van der Waals surface area contributed by atoms with E-state index in [2.05, 4.69) is 9.80 Å². The van der Waals surface area contributed by atoms with Gasteiger partial charge in [-0.3, -0.25) is 4.79 Å². The summed E-state index contributed by atoms with van der Waals surface area (Å²) in [5, 5.41) is 0. The number of nitrogens with zero attached hydrogens (tertiary/aromatic N) is 3. The Morgan fingerprint density at radius 3 is 2.34 bits per heavy atom. The van der Waals surface area contributed by atoms with E-state index in [-0.39, 0.29) is 30.9 Å². The molecule has 7 heteroatoms. The molecule has 3 heterocycles. The van der Waals surface area contributed by atoms with Gasteiger partial charge in [0.15, 0.2) is 0 Å². The number of carbonyl (C=O) groups excluding carboxylic acids is 1. The number of benzene rings is 1. The molecule has 1 aliphatic carbocycles. The summed E-state index contributed by atoms with van der Waals surface area (Å²) in [7, 11) is 0. The van der Waals surface area contributed by atoms with Gasteiger partial charge < -0.3 is 19.4 Å². The van der Waals surface area contributed by atoms with Crippen LogP contribution in [0.4, 0.5) is 14.5 Å². The summed E-state index contributed by atoms with van der Waals surface area (Å²) in [6.45, 7) is 3.93. The number of rotatable bonds is 6. The van der Waals surface area contributed by atoms with Crippen molar-refractivity contribution < 1.29 is 18.3 Å². The SMILES string of the molecule is O=C1CC[C@@H](CN2CCC(F)(F)CC2)N1c1ccc(O[C@H]2C[C@H](N3CCCCC3)C2)cc1. The Hall–Kier alpha value is -1.73. The molecular formula is C25H35F2N3O2. The van der Waals surface area contributed by atoms with Crippen molar-refractivity contribution in [2.75, 3.05) is 37.6 Å². The van der Waals surface area contributed by atoms with Crippen molar-refractivity contribution in [3.63, 3.8) is 0 Å². The fourth-order valence-electron chi connectivity index (χ4n) is 5.73. The first-order valence-electron chi connectivity index (χ1n) is 12.4. The van der Waals surface area contributed by atoms with Crippen molar-refractivity contribution >= 4 is 11.6 Å². The highest BCUT2D eigenvalue weighted by molar-refractivity contribution is 5.96. The van der Waals surface area contributed by atoms with Crippen LogP contribution in [0.5, 0.6) is 5.75 Å². The number of halogens is 2. The summed E-state index contributed by atoms with van der Waals surface area (Å²) < 4.78 is 33.1. The first-order chi connectivity index (χ1) is 15.5. The first-order valence-corrected chi connectivity index (χ1v) is 12.4. The number of ether oxygens (including phenoxy) is 1. The number of hydrogen-bond donors (Lipinski definition) is 0. The first kappa shape index (κ1) is 22.1. The maximum absolute atomic E-state index is 13.5. The van der Waals surface area contributed by atoms with Gasteiger partial charge in [-0.15, -0.1) is 0 Å². The minimum atomic E-state index is -2.54. The van der Waals surface area contributed by atoms with Gasteiger partial charge in [-0.25, -0.2) is 8.78 Å². The maximum atomic E-state index is 13.5. The molecule has 1 aromatic carbocycles. The maximum Gasteiger partial charge on any atom is 0.250 e. The summed E-state index contributed by atoms with van der Waals surface area (Å²) in [5.41, 5.74) is 0.881. The number of carbonyl (C=O) groups is 1. The van der Waals surface area contributed by atoms with Crippen LogP contribution in [0.15, 0.2) is 24.3 Å². The zero-order valence-electron chi connectivity index (χ0n) is 18.9. The highest BCUT2D eigenvalue weighted by Gasteiger charge is 2.38. The van der Waals surface area contributed by atoms with E-state index in [0.29, 0.717) is 32.1 Å². The predicted molar refractivity (Wildman–Crippen MR) is 120 cm³/mol. The van der Waals surface area contributed by atoms with Crippen LogP contribution in [0.3, 0.4) is 0 Å². The summed E-state index contributed by atoms with van der Waals surface area (Å²) in [5.74, 6) is -1.56. The van der Waals surface area contributed by atoms with Gasteiger partial charge in [0.1, 0.15) is 11.9 Å². The largest absolute Gasteiger partial charge is 0.490 e. The van der Waals surface area contributed by atoms with Crippen molar-refractivity contribution in [2.24, 2.45) is 0 Å². The summed E-state index contributed by atoms with van der Waals surface area (Å²) in [4.78, 5) is 19.2. The van der Waals surface area contributed by atoms with Crippen LogP contribution in [0.2, 0.25) is 0 Å². The third-order valence-corrected chi connectivity index (χ3v) is 7.78. The zero-order chi connectivity index (χ0) is 22.1. The molecule has 1 atom stereocenters. The second-order valence-corrected chi connectivity index (χ2v) is 10.1. The summed E-state index contributed by atoms with van der Waals surface area (Å²) in [6, 6.07) is 8.60. The van der Waals surface area contributed by atoms with E-state index in [9.17, 15) is 13.6 Å². The minimum absolute atomic E-state index is 0.0536. The van der Waals surface area contributed by atoms with Crippen molar-refractivity contribution in [3.8, 4) is 5.75 Å². The van der Waals surface area contributed by atoms with Crippen molar-refractivity contribution in [1.82, 2.24) is 9.80 Å². The fraction of sp³-hybridized carbons (Fsp3) is 0.720. The zero-order valence-corrected chi connectivity index (χ0v) is 18.9. The third kappa shape index (κ3) is 4.93. The van der Waals surface area contributed by atoms with E-state index >= 15 is 0 Å². The molecule has 5 rings (SSSR count). The van der Waals surface area contributed by atoms with Gasteiger partial charge >= 0.3 is 0 Å². The Labute approximate surface area is 189 Å². The topological polar surface area (TPSA) is 36.0 Å². The van der Waals surface area contributed by atoms with E-state index in [1.807, 2.05) is 29.2 Å². The van der Waals surface area contributed by atoms with Crippen LogP contribution in [-0.2, 0) is 4.79 Å². The number of alkyl halides is 2. The molecule has 3 saturated heterocycles. The molecule has 1 saturated carbocycles. The molecule has 0 spiro atoms. The Balaban J connectivity index is 1.14. The van der Waals surface area contributed by atoms with Crippen LogP contribution in [0, 0.1) is 0 Å². The molecule has 1 aromatic rings. The number of amides is 1. The van der Waals surface area contributed by atoms with E-state index in [0.717, 1.165) is 30.7 Å². The second-order valence-electron chi connectivity index (χ2n) is 10.1. The Bertz CT molecular complexity index is 781. The van der Waals surface area contributed by atoms with Crippen molar-refractivity contribution in [2.45, 2.75) is 81.9 Å². The lowest BCUT2D eigenvalue weighted by Crippen LogP contribution is -2.50. The average Bonchev–Trinajstić information content (AvgIpc) is 3.13. The quantitative estimate of drug-likeness (QED) is 0.651. The smallest absolute Gasteiger partial charge is 0.250 e. The van der Waals surface area contributed by atoms with Gasteiger partial charge in [0, 0.05) is 63.5 Å². The lowest BCUT2D eigenvalue weighted by atomic mass is 9.86. The van der Waals surface area contributed by atoms with Crippen LogP contribution in [0.25, 0.3) is 0 Å². The number of piperidine rings is 2. The van der Waals surface area contributed by atoms with Crippen LogP contribution < -0.4 is 9.64 Å². The molecule has 3 aliphatic heterocycles. The Kier molecular flexibility index (Phi) is 6.39. The molecule has 0 unspecified atom stereocenters. The highest BCUT2D eigenvalue weighted by Crippen LogP contribution is 2.34. The molecule has 4 fully saturated rings. The highest BCUT2D eigenvalue weighted by atomic mass is 19.3. The molecule has 32 heavy (non-hydrogen) atoms. The molecule has 176 valence electrons. The van der Waals surface area contributed by atoms with Gasteiger partial charge in [0.25, 0.3) is 5.92 Å². The van der Waals surface area contributed by atoms with E-state index in [1.165, 1.54) is 32.4 Å². The average molecular weight is 448 g/mol. The number of anilines is 1. The Morgan fingerprint density at radius 2 is 1.66 bits per heavy atom. The molecule has 5 nitrogen and oxygen atoms in total. The third-order valence-electron chi connectivity index (χ3n) is 7.78. The van der Waals surface area contributed by atoms with Gasteiger partial charge in [0.2, 0.25) is 5.91 Å². The standard InChI is InChI=1S/C25H35F2N3O2/c26-25(27)10-14-28(15-11-25)18-20-6-9-24(31)30(20)19-4-7-22(8-5-19)32-23-16-21(17-23)29-12-2-1-3-13-29/h4-5,7-8,20-21,23H,1-3,6,9-18H2/t20-,21-,23-/m0/s1. The monoisotopic (exact) mass is 447 g/mol. The molecule has 0 bridgehead atoms. The molecule has 1 amide bonds. The molecule has 0 radical (unpaired) electrons. The number of hydrogen-bond acceptors (Lipinski definition) is 4. The van der Waals surface area contributed by atoms with Gasteiger partial charge in [-0.2, -0.15) is 0 Å². The lowest BCUT2D eigenvalue weighted by molar-refractivity contribution is -0.117. The van der Waals surface area contributed by atoms with Crippen LogP contribution in [0.1, 0.15) is 57.8 Å². The van der Waals surface area contributed by atoms with Gasteiger partial charge in [-0.1, -0.05) is 6.42 Å². The summed E-state index contributed by atoms with van der Waals surface area (Å²) in [6.07, 6.45) is 7.63. The molecule has 0 N–H and O–H groups in total. The van der Waals surface area contributed by atoms with E-state index in [1.54, 1.807) is 0 Å². The Morgan fingerprint density at radius 1 is 0.969 bits per heavy atom. The molecule has 0 aromatic heterocycles. The predicted octanol–water partition coefficient (Wildman–Crippen LogP) is 4.31. The van der Waals surface area contributed by atoms with Gasteiger partial charge in [0.05, 0.1) is 6.04 Å². The van der Waals surface area contributed by atoms with E-state index < -0.39 is 5.92 Å². The second kappa shape index (κ2) is 9.26. The van der Waals surface area contributed by atoms with E-state index in [4.69, 9.17) is 4.74 Å². The van der Waals surface area contributed by atoms with Crippen LogP contribution >= 0.6 is 0 Å². The van der Waals surface area contributed by atoms with Crippen LogP contribution in [-0.4, -0.2) is 72.5 Å². The number of likely N-dealkylation sites (tertiary alicyclic amines) is 2. The van der Waals surface area contributed by atoms with Crippen molar-refractivity contribution in [1.29, 1.82) is 0 Å².